The Morgan fingerprint density at radius 1 is 1.29 bits per heavy atom. The summed E-state index contributed by atoms with van der Waals surface area (Å²) < 4.78 is 1.99. The van der Waals surface area contributed by atoms with Crippen LogP contribution in [0, 0.1) is 12.8 Å². The highest BCUT2D eigenvalue weighted by atomic mass is 32.2. The van der Waals surface area contributed by atoms with Crippen LogP contribution in [0.4, 0.5) is 5.00 Å². The lowest BCUT2D eigenvalue weighted by Gasteiger charge is -2.18. The molecule has 0 aliphatic heterocycles. The molecule has 0 saturated carbocycles. The molecule has 0 unspecified atom stereocenters. The quantitative estimate of drug-likeness (QED) is 0.530. The zero-order valence-corrected chi connectivity index (χ0v) is 19.2. The van der Waals surface area contributed by atoms with Gasteiger partial charge in [0.1, 0.15) is 10.8 Å². The van der Waals surface area contributed by atoms with Crippen molar-refractivity contribution in [1.82, 2.24) is 14.8 Å². The minimum atomic E-state index is -0.478. The summed E-state index contributed by atoms with van der Waals surface area (Å²) in [5.74, 6) is 0.872. The van der Waals surface area contributed by atoms with E-state index in [0.29, 0.717) is 28.2 Å². The number of nitrogens with one attached hydrogen (secondary N) is 1. The largest absolute Gasteiger partial charge is 0.365 e. The van der Waals surface area contributed by atoms with E-state index in [2.05, 4.69) is 22.4 Å². The average Bonchev–Trinajstić information content (AvgIpc) is 3.26. The second-order valence-electron chi connectivity index (χ2n) is 7.86. The fraction of sp³-hybridized carbons (Fsp3) is 0.364. The lowest BCUT2D eigenvalue weighted by Crippen LogP contribution is -2.20. The van der Waals surface area contributed by atoms with Crippen LogP contribution in [0.15, 0.2) is 35.5 Å². The van der Waals surface area contributed by atoms with E-state index in [0.717, 1.165) is 41.1 Å². The van der Waals surface area contributed by atoms with Crippen molar-refractivity contribution < 1.29 is 9.59 Å². The van der Waals surface area contributed by atoms with Crippen molar-refractivity contribution in [3.63, 3.8) is 0 Å². The molecule has 0 bridgehead atoms. The molecule has 0 saturated heterocycles. The molecule has 3 N–H and O–H groups in total. The number of nitrogens with zero attached hydrogens (tertiary/aromatic N) is 3. The van der Waals surface area contributed by atoms with Crippen LogP contribution in [0.25, 0.3) is 0 Å². The molecule has 2 heterocycles. The van der Waals surface area contributed by atoms with E-state index in [9.17, 15) is 9.59 Å². The van der Waals surface area contributed by atoms with Crippen molar-refractivity contribution in [2.24, 2.45) is 11.7 Å². The first kappa shape index (κ1) is 21.6. The van der Waals surface area contributed by atoms with Crippen LogP contribution in [0.1, 0.15) is 45.5 Å². The van der Waals surface area contributed by atoms with Gasteiger partial charge in [-0.25, -0.2) is 0 Å². The van der Waals surface area contributed by atoms with Crippen LogP contribution >= 0.6 is 23.1 Å². The second-order valence-corrected chi connectivity index (χ2v) is 9.91. The third-order valence-electron chi connectivity index (χ3n) is 5.43. The second kappa shape index (κ2) is 9.23. The molecular formula is C22H25N5O2S2. The number of rotatable bonds is 7. The Kier molecular flexibility index (Phi) is 6.43. The van der Waals surface area contributed by atoms with Gasteiger partial charge in [-0.3, -0.25) is 9.59 Å². The first-order valence-electron chi connectivity index (χ1n) is 10.2. The molecule has 162 valence electrons. The number of amides is 2. The highest BCUT2D eigenvalue weighted by molar-refractivity contribution is 7.99. The zero-order chi connectivity index (χ0) is 22.0. The Labute approximate surface area is 189 Å². The van der Waals surface area contributed by atoms with Gasteiger partial charge >= 0.3 is 0 Å². The van der Waals surface area contributed by atoms with E-state index in [-0.39, 0.29) is 11.7 Å². The predicted octanol–water partition coefficient (Wildman–Crippen LogP) is 3.65. The van der Waals surface area contributed by atoms with E-state index in [1.807, 2.05) is 41.8 Å². The van der Waals surface area contributed by atoms with Crippen molar-refractivity contribution in [3.8, 4) is 0 Å². The minimum Gasteiger partial charge on any atom is -0.365 e. The third-order valence-corrected chi connectivity index (χ3v) is 7.57. The Hall–Kier alpha value is -2.65. The Morgan fingerprint density at radius 3 is 2.81 bits per heavy atom. The Balaban J connectivity index is 1.45. The van der Waals surface area contributed by atoms with Gasteiger partial charge in [0.25, 0.3) is 5.91 Å². The van der Waals surface area contributed by atoms with Gasteiger partial charge in [-0.2, -0.15) is 0 Å². The fourth-order valence-electron chi connectivity index (χ4n) is 3.81. The molecule has 0 radical (unpaired) electrons. The summed E-state index contributed by atoms with van der Waals surface area (Å²) in [6.45, 7) is 4.75. The lowest BCUT2D eigenvalue weighted by atomic mass is 9.88. The SMILES string of the molecule is Cc1nnc(SCC(=O)Nc2sc3c(c2C(N)=O)CC[C@H](C)C3)n1Cc1ccccc1. The maximum atomic E-state index is 12.7. The van der Waals surface area contributed by atoms with Gasteiger partial charge in [0.2, 0.25) is 5.91 Å². The molecule has 1 aliphatic carbocycles. The van der Waals surface area contributed by atoms with Crippen molar-refractivity contribution in [3.05, 3.63) is 57.7 Å². The fourth-order valence-corrected chi connectivity index (χ4v) is 6.02. The smallest absolute Gasteiger partial charge is 0.251 e. The predicted molar refractivity (Wildman–Crippen MR) is 124 cm³/mol. The van der Waals surface area contributed by atoms with Crippen molar-refractivity contribution >= 4 is 39.9 Å². The number of nitrogens with two attached hydrogens (primary N) is 1. The highest BCUT2D eigenvalue weighted by Crippen LogP contribution is 2.39. The summed E-state index contributed by atoms with van der Waals surface area (Å²) in [5.41, 5.74) is 8.27. The van der Waals surface area contributed by atoms with E-state index in [1.54, 1.807) is 0 Å². The van der Waals surface area contributed by atoms with Crippen LogP contribution in [-0.4, -0.2) is 32.3 Å². The van der Waals surface area contributed by atoms with Crippen LogP contribution in [-0.2, 0) is 24.2 Å². The summed E-state index contributed by atoms with van der Waals surface area (Å²) in [6.07, 6.45) is 2.79. The topological polar surface area (TPSA) is 103 Å². The number of carbonyl (C=O) groups is 2. The van der Waals surface area contributed by atoms with Gasteiger partial charge in [0, 0.05) is 4.88 Å². The number of carbonyl (C=O) groups excluding carboxylic acids is 2. The highest BCUT2D eigenvalue weighted by Gasteiger charge is 2.27. The maximum absolute atomic E-state index is 12.7. The number of aromatic nitrogens is 3. The molecule has 31 heavy (non-hydrogen) atoms. The number of hydrogen-bond acceptors (Lipinski definition) is 6. The molecule has 3 aromatic rings. The molecule has 0 spiro atoms. The first-order valence-corrected chi connectivity index (χ1v) is 12.0. The van der Waals surface area contributed by atoms with Gasteiger partial charge in [-0.1, -0.05) is 49.0 Å². The molecule has 2 amide bonds. The van der Waals surface area contributed by atoms with Crippen molar-refractivity contribution in [1.29, 1.82) is 0 Å². The Morgan fingerprint density at radius 2 is 2.06 bits per heavy atom. The molecule has 1 atom stereocenters. The number of benzene rings is 1. The van der Waals surface area contributed by atoms with Crippen LogP contribution in [0.2, 0.25) is 0 Å². The molecule has 1 aliphatic rings. The number of primary amides is 1. The molecule has 9 heteroatoms. The molecule has 1 aromatic carbocycles. The Bertz CT molecular complexity index is 1110. The van der Waals surface area contributed by atoms with E-state index >= 15 is 0 Å². The molecule has 4 rings (SSSR count). The van der Waals surface area contributed by atoms with Crippen molar-refractivity contribution in [2.45, 2.75) is 44.8 Å². The van der Waals surface area contributed by atoms with Crippen molar-refractivity contribution in [2.75, 3.05) is 11.1 Å². The monoisotopic (exact) mass is 455 g/mol. The van der Waals surface area contributed by atoms with Gasteiger partial charge in [0.15, 0.2) is 5.16 Å². The maximum Gasteiger partial charge on any atom is 0.251 e. The molecule has 7 nitrogen and oxygen atoms in total. The zero-order valence-electron chi connectivity index (χ0n) is 17.6. The summed E-state index contributed by atoms with van der Waals surface area (Å²) in [6, 6.07) is 10.1. The van der Waals surface area contributed by atoms with Gasteiger partial charge < -0.3 is 15.6 Å². The summed E-state index contributed by atoms with van der Waals surface area (Å²) in [7, 11) is 0. The summed E-state index contributed by atoms with van der Waals surface area (Å²) in [5, 5.41) is 12.6. The van der Waals surface area contributed by atoms with Gasteiger partial charge in [-0.15, -0.1) is 21.5 Å². The number of hydrogen-bond donors (Lipinski definition) is 2. The molecule has 0 fully saturated rings. The average molecular weight is 456 g/mol. The van der Waals surface area contributed by atoms with E-state index in [4.69, 9.17) is 5.73 Å². The number of thiophene rings is 1. The number of anilines is 1. The molecular weight excluding hydrogens is 430 g/mol. The van der Waals surface area contributed by atoms with Crippen LogP contribution in [0.5, 0.6) is 0 Å². The van der Waals surface area contributed by atoms with Gasteiger partial charge in [-0.05, 0) is 43.2 Å². The lowest BCUT2D eigenvalue weighted by molar-refractivity contribution is -0.113. The normalized spacial score (nSPS) is 15.5. The number of thioether (sulfide) groups is 1. The third kappa shape index (κ3) is 4.83. The molecule has 2 aromatic heterocycles. The minimum absolute atomic E-state index is 0.171. The van der Waals surface area contributed by atoms with Gasteiger partial charge in [0.05, 0.1) is 17.9 Å². The number of aryl methyl sites for hydroxylation is 1. The summed E-state index contributed by atoms with van der Waals surface area (Å²) >= 11 is 2.81. The van der Waals surface area contributed by atoms with Crippen LogP contribution in [0.3, 0.4) is 0 Å². The number of fused-ring (bicyclic) bond motifs is 1. The first-order chi connectivity index (χ1) is 14.9. The standard InChI is InChI=1S/C22H25N5O2S2/c1-13-8-9-16-17(10-13)31-21(19(16)20(23)29)24-18(28)12-30-22-26-25-14(2)27(22)11-15-6-4-3-5-7-15/h3-7,13H,8-12H2,1-2H3,(H2,23,29)(H,24,28)/t13-/m0/s1. The van der Waals surface area contributed by atoms with Crippen LogP contribution < -0.4 is 11.1 Å². The van der Waals surface area contributed by atoms with E-state index in [1.165, 1.54) is 23.1 Å². The van der Waals surface area contributed by atoms with E-state index < -0.39 is 5.91 Å². The summed E-state index contributed by atoms with van der Waals surface area (Å²) in [4.78, 5) is 25.9.